The van der Waals surface area contributed by atoms with Gasteiger partial charge in [0, 0.05) is 18.9 Å². The van der Waals surface area contributed by atoms with Gasteiger partial charge in [-0.3, -0.25) is 4.68 Å². The molecule has 1 heterocycles. The van der Waals surface area contributed by atoms with Crippen LogP contribution in [0.4, 0.5) is 5.69 Å². The van der Waals surface area contributed by atoms with Crippen molar-refractivity contribution >= 4 is 11.7 Å². The van der Waals surface area contributed by atoms with Crippen molar-refractivity contribution in [1.82, 2.24) is 9.78 Å². The van der Waals surface area contributed by atoms with Crippen LogP contribution in [0.3, 0.4) is 0 Å². The van der Waals surface area contributed by atoms with E-state index in [0.29, 0.717) is 16.9 Å². The average molecular weight is 245 g/mol. The number of ether oxygens (including phenoxy) is 1. The van der Waals surface area contributed by atoms with E-state index in [4.69, 9.17) is 10.5 Å². The molecule has 0 spiro atoms. The highest BCUT2D eigenvalue weighted by molar-refractivity contribution is 5.92. The van der Waals surface area contributed by atoms with Crippen molar-refractivity contribution in [3.63, 3.8) is 0 Å². The molecule has 0 saturated carbocycles. The zero-order chi connectivity index (χ0) is 13.1. The van der Waals surface area contributed by atoms with Crippen LogP contribution in [0, 0.1) is 6.92 Å². The number of hydrogen-bond donors (Lipinski definition) is 1. The SMILES string of the molecule is Cc1ccc(N)cc1C(=O)OCc1ccn(C)n1. The predicted octanol–water partition coefficient (Wildman–Crippen LogP) is 1.67. The highest BCUT2D eigenvalue weighted by atomic mass is 16.5. The van der Waals surface area contributed by atoms with E-state index in [1.807, 2.05) is 14.0 Å². The molecule has 5 heteroatoms. The summed E-state index contributed by atoms with van der Waals surface area (Å²) in [4.78, 5) is 11.9. The fraction of sp³-hybridized carbons (Fsp3) is 0.231. The summed E-state index contributed by atoms with van der Waals surface area (Å²) in [5, 5.41) is 4.13. The van der Waals surface area contributed by atoms with Crippen molar-refractivity contribution < 1.29 is 9.53 Å². The predicted molar refractivity (Wildman–Crippen MR) is 67.9 cm³/mol. The first-order valence-electron chi connectivity index (χ1n) is 5.58. The summed E-state index contributed by atoms with van der Waals surface area (Å²) in [6.07, 6.45) is 1.80. The fourth-order valence-electron chi connectivity index (χ4n) is 1.62. The molecule has 0 unspecified atom stereocenters. The van der Waals surface area contributed by atoms with E-state index in [1.54, 1.807) is 35.1 Å². The summed E-state index contributed by atoms with van der Waals surface area (Å²) >= 11 is 0. The third kappa shape index (κ3) is 2.68. The number of benzene rings is 1. The van der Waals surface area contributed by atoms with Gasteiger partial charge in [-0.1, -0.05) is 6.07 Å². The zero-order valence-electron chi connectivity index (χ0n) is 10.4. The van der Waals surface area contributed by atoms with Gasteiger partial charge < -0.3 is 10.5 Å². The summed E-state index contributed by atoms with van der Waals surface area (Å²) in [6, 6.07) is 6.98. The molecular weight excluding hydrogens is 230 g/mol. The highest BCUT2D eigenvalue weighted by Gasteiger charge is 2.11. The van der Waals surface area contributed by atoms with Crippen molar-refractivity contribution in [3.05, 3.63) is 47.3 Å². The van der Waals surface area contributed by atoms with Crippen LogP contribution in [0.1, 0.15) is 21.6 Å². The number of nitrogen functional groups attached to an aromatic ring is 1. The molecule has 0 atom stereocenters. The molecule has 0 bridgehead atoms. The van der Waals surface area contributed by atoms with Gasteiger partial charge >= 0.3 is 5.97 Å². The number of esters is 1. The molecule has 0 saturated heterocycles. The van der Waals surface area contributed by atoms with Crippen LogP contribution in [0.15, 0.2) is 30.5 Å². The topological polar surface area (TPSA) is 70.1 Å². The lowest BCUT2D eigenvalue weighted by Gasteiger charge is -2.06. The number of hydrogen-bond acceptors (Lipinski definition) is 4. The number of aromatic nitrogens is 2. The minimum absolute atomic E-state index is 0.161. The van der Waals surface area contributed by atoms with Gasteiger partial charge in [0.25, 0.3) is 0 Å². The van der Waals surface area contributed by atoms with E-state index < -0.39 is 0 Å². The maximum absolute atomic E-state index is 11.9. The van der Waals surface area contributed by atoms with Gasteiger partial charge in [-0.15, -0.1) is 0 Å². The molecule has 0 aliphatic carbocycles. The maximum Gasteiger partial charge on any atom is 0.338 e. The van der Waals surface area contributed by atoms with Crippen LogP contribution in [0.2, 0.25) is 0 Å². The summed E-state index contributed by atoms with van der Waals surface area (Å²) in [6.45, 7) is 2.00. The number of carbonyl (C=O) groups is 1. The first kappa shape index (κ1) is 12.2. The van der Waals surface area contributed by atoms with Gasteiger partial charge in [0.1, 0.15) is 6.61 Å². The molecule has 5 nitrogen and oxygen atoms in total. The first-order chi connectivity index (χ1) is 8.56. The molecule has 2 aromatic rings. The maximum atomic E-state index is 11.9. The Morgan fingerprint density at radius 2 is 2.22 bits per heavy atom. The molecule has 1 aromatic carbocycles. The summed E-state index contributed by atoms with van der Waals surface area (Å²) < 4.78 is 6.85. The first-order valence-corrected chi connectivity index (χ1v) is 5.58. The molecule has 0 aliphatic heterocycles. The van der Waals surface area contributed by atoms with Crippen molar-refractivity contribution in [1.29, 1.82) is 0 Å². The molecule has 2 rings (SSSR count). The number of anilines is 1. The van der Waals surface area contributed by atoms with Crippen LogP contribution in [0.25, 0.3) is 0 Å². The van der Waals surface area contributed by atoms with Gasteiger partial charge in [0.15, 0.2) is 0 Å². The lowest BCUT2D eigenvalue weighted by Crippen LogP contribution is -2.08. The molecule has 0 amide bonds. The number of nitrogens with zero attached hydrogens (tertiary/aromatic N) is 2. The summed E-state index contributed by atoms with van der Waals surface area (Å²) in [5.74, 6) is -0.384. The number of aryl methyl sites for hydroxylation is 2. The Bertz CT molecular complexity index is 575. The summed E-state index contributed by atoms with van der Waals surface area (Å²) in [5.41, 5.74) is 8.25. The second-order valence-electron chi connectivity index (χ2n) is 4.13. The minimum Gasteiger partial charge on any atom is -0.455 e. The normalized spacial score (nSPS) is 10.3. The molecule has 0 fully saturated rings. The Balaban J connectivity index is 2.05. The zero-order valence-corrected chi connectivity index (χ0v) is 10.4. The van der Waals surface area contributed by atoms with E-state index >= 15 is 0 Å². The summed E-state index contributed by atoms with van der Waals surface area (Å²) in [7, 11) is 1.81. The molecule has 2 N–H and O–H groups in total. The Morgan fingerprint density at radius 1 is 1.44 bits per heavy atom. The molecule has 1 aromatic heterocycles. The van der Waals surface area contributed by atoms with E-state index in [-0.39, 0.29) is 12.6 Å². The van der Waals surface area contributed by atoms with Gasteiger partial charge in [0.2, 0.25) is 0 Å². The van der Waals surface area contributed by atoms with Crippen molar-refractivity contribution in [3.8, 4) is 0 Å². The van der Waals surface area contributed by atoms with Crippen molar-refractivity contribution in [2.45, 2.75) is 13.5 Å². The number of nitrogens with two attached hydrogens (primary N) is 1. The third-order valence-electron chi connectivity index (χ3n) is 2.60. The van der Waals surface area contributed by atoms with Crippen LogP contribution >= 0.6 is 0 Å². The second kappa shape index (κ2) is 4.91. The molecule has 0 aliphatic rings. The van der Waals surface area contributed by atoms with Crippen molar-refractivity contribution in [2.75, 3.05) is 5.73 Å². The van der Waals surface area contributed by atoms with Gasteiger partial charge in [-0.05, 0) is 30.7 Å². The Labute approximate surface area is 105 Å². The Kier molecular flexibility index (Phi) is 3.32. The number of carbonyl (C=O) groups excluding carboxylic acids is 1. The van der Waals surface area contributed by atoms with Crippen LogP contribution in [-0.2, 0) is 18.4 Å². The van der Waals surface area contributed by atoms with Crippen LogP contribution in [0.5, 0.6) is 0 Å². The molecule has 94 valence electrons. The Morgan fingerprint density at radius 3 is 2.89 bits per heavy atom. The smallest absolute Gasteiger partial charge is 0.338 e. The standard InChI is InChI=1S/C13H15N3O2/c1-9-3-4-10(14)7-12(9)13(17)18-8-11-5-6-16(2)15-11/h3-7H,8,14H2,1-2H3. The fourth-order valence-corrected chi connectivity index (χ4v) is 1.62. The largest absolute Gasteiger partial charge is 0.455 e. The number of rotatable bonds is 3. The average Bonchev–Trinajstić information content (AvgIpc) is 2.75. The lowest BCUT2D eigenvalue weighted by molar-refractivity contribution is 0.0466. The van der Waals surface area contributed by atoms with E-state index in [2.05, 4.69) is 5.10 Å². The molecular formula is C13H15N3O2. The van der Waals surface area contributed by atoms with Gasteiger partial charge in [0.05, 0.1) is 11.3 Å². The molecule has 0 radical (unpaired) electrons. The van der Waals surface area contributed by atoms with Crippen LogP contribution in [-0.4, -0.2) is 15.7 Å². The third-order valence-corrected chi connectivity index (χ3v) is 2.60. The second-order valence-corrected chi connectivity index (χ2v) is 4.13. The monoisotopic (exact) mass is 245 g/mol. The van der Waals surface area contributed by atoms with Gasteiger partial charge in [-0.25, -0.2) is 4.79 Å². The van der Waals surface area contributed by atoms with E-state index in [9.17, 15) is 4.79 Å². The van der Waals surface area contributed by atoms with Crippen LogP contribution < -0.4 is 5.73 Å². The molecule has 18 heavy (non-hydrogen) atoms. The highest BCUT2D eigenvalue weighted by Crippen LogP contribution is 2.14. The van der Waals surface area contributed by atoms with Gasteiger partial charge in [-0.2, -0.15) is 5.10 Å². The Hall–Kier alpha value is -2.30. The quantitative estimate of drug-likeness (QED) is 0.659. The van der Waals surface area contributed by atoms with E-state index in [0.717, 1.165) is 5.56 Å². The lowest BCUT2D eigenvalue weighted by atomic mass is 10.1. The minimum atomic E-state index is -0.384. The van der Waals surface area contributed by atoms with E-state index in [1.165, 1.54) is 0 Å². The van der Waals surface area contributed by atoms with Crippen molar-refractivity contribution in [2.24, 2.45) is 7.05 Å².